The summed E-state index contributed by atoms with van der Waals surface area (Å²) < 4.78 is 2.14. The zero-order chi connectivity index (χ0) is 17.1. The molecule has 0 saturated heterocycles. The van der Waals surface area contributed by atoms with Crippen LogP contribution in [0.1, 0.15) is 0 Å². The molecule has 6 aromatic rings. The SMILES string of the molecule is c1ccc(-n2ccc3cc4c(cc32)[nH]c2ccc3ccccc3c24)nc1. The van der Waals surface area contributed by atoms with Gasteiger partial charge >= 0.3 is 0 Å². The molecule has 0 aliphatic rings. The molecular weight excluding hydrogens is 318 g/mol. The number of fused-ring (bicyclic) bond motifs is 6. The van der Waals surface area contributed by atoms with Gasteiger partial charge in [-0.2, -0.15) is 0 Å². The molecule has 3 heterocycles. The van der Waals surface area contributed by atoms with Crippen molar-refractivity contribution in [2.75, 3.05) is 0 Å². The Hall–Kier alpha value is -3.59. The smallest absolute Gasteiger partial charge is 0.137 e. The van der Waals surface area contributed by atoms with Crippen molar-refractivity contribution in [3.63, 3.8) is 0 Å². The molecule has 0 aliphatic carbocycles. The standard InChI is InChI=1S/C23H15N3/c1-2-6-17-15(5-1)8-9-19-23(17)18-13-16-10-12-26(21(16)14-20(18)25-19)22-7-3-4-11-24-22/h1-14,25H. The number of benzene rings is 3. The molecule has 3 aromatic heterocycles. The van der Waals surface area contributed by atoms with Crippen molar-refractivity contribution < 1.29 is 0 Å². The maximum Gasteiger partial charge on any atom is 0.137 e. The lowest BCUT2D eigenvalue weighted by atomic mass is 10.0. The summed E-state index contributed by atoms with van der Waals surface area (Å²) in [6.45, 7) is 0. The van der Waals surface area contributed by atoms with E-state index in [0.717, 1.165) is 16.9 Å². The number of hydrogen-bond donors (Lipinski definition) is 1. The first-order valence-corrected chi connectivity index (χ1v) is 8.74. The predicted molar refractivity (Wildman–Crippen MR) is 108 cm³/mol. The summed E-state index contributed by atoms with van der Waals surface area (Å²) >= 11 is 0. The van der Waals surface area contributed by atoms with E-state index >= 15 is 0 Å². The lowest BCUT2D eigenvalue weighted by molar-refractivity contribution is 1.04. The topological polar surface area (TPSA) is 33.6 Å². The molecule has 3 nitrogen and oxygen atoms in total. The van der Waals surface area contributed by atoms with Gasteiger partial charge in [-0.05, 0) is 47.2 Å². The molecule has 3 aromatic carbocycles. The highest BCUT2D eigenvalue weighted by molar-refractivity contribution is 6.22. The van der Waals surface area contributed by atoms with Gasteiger partial charge in [-0.3, -0.25) is 0 Å². The number of hydrogen-bond acceptors (Lipinski definition) is 1. The lowest BCUT2D eigenvalue weighted by Gasteiger charge is -2.04. The third-order valence-corrected chi connectivity index (χ3v) is 5.19. The lowest BCUT2D eigenvalue weighted by Crippen LogP contribution is -1.94. The first-order chi connectivity index (χ1) is 12.9. The molecule has 0 spiro atoms. The molecule has 6 rings (SSSR count). The Balaban J connectivity index is 1.73. The fraction of sp³-hybridized carbons (Fsp3) is 0. The summed E-state index contributed by atoms with van der Waals surface area (Å²) in [7, 11) is 0. The molecule has 0 saturated carbocycles. The van der Waals surface area contributed by atoms with Gasteiger partial charge in [0, 0.05) is 39.6 Å². The van der Waals surface area contributed by atoms with Gasteiger partial charge in [0.1, 0.15) is 5.82 Å². The molecule has 122 valence electrons. The average molecular weight is 333 g/mol. The third-order valence-electron chi connectivity index (χ3n) is 5.19. The van der Waals surface area contributed by atoms with E-state index in [-0.39, 0.29) is 0 Å². The van der Waals surface area contributed by atoms with Gasteiger partial charge in [0.2, 0.25) is 0 Å². The number of nitrogens with zero attached hydrogens (tertiary/aromatic N) is 2. The van der Waals surface area contributed by atoms with Crippen LogP contribution >= 0.6 is 0 Å². The van der Waals surface area contributed by atoms with Crippen molar-refractivity contribution in [2.45, 2.75) is 0 Å². The van der Waals surface area contributed by atoms with Gasteiger partial charge in [0.25, 0.3) is 0 Å². The summed E-state index contributed by atoms with van der Waals surface area (Å²) in [4.78, 5) is 8.08. The van der Waals surface area contributed by atoms with Crippen molar-refractivity contribution in [3.05, 3.63) is 85.2 Å². The predicted octanol–water partition coefficient (Wildman–Crippen LogP) is 5.81. The van der Waals surface area contributed by atoms with E-state index in [0.29, 0.717) is 0 Å². The minimum Gasteiger partial charge on any atom is -0.354 e. The summed E-state index contributed by atoms with van der Waals surface area (Å²) in [6, 6.07) is 25.6. The monoisotopic (exact) mass is 333 g/mol. The highest BCUT2D eigenvalue weighted by Gasteiger charge is 2.11. The van der Waals surface area contributed by atoms with Crippen LogP contribution in [0.4, 0.5) is 0 Å². The van der Waals surface area contributed by atoms with Crippen LogP contribution in [-0.4, -0.2) is 14.5 Å². The second-order valence-electron chi connectivity index (χ2n) is 6.66. The zero-order valence-electron chi connectivity index (χ0n) is 14.0. The molecule has 0 atom stereocenters. The van der Waals surface area contributed by atoms with E-state index < -0.39 is 0 Å². The van der Waals surface area contributed by atoms with Crippen LogP contribution in [0.2, 0.25) is 0 Å². The Kier molecular flexibility index (Phi) is 2.61. The molecule has 26 heavy (non-hydrogen) atoms. The van der Waals surface area contributed by atoms with Crippen LogP contribution in [0.25, 0.3) is 49.3 Å². The number of pyridine rings is 1. The molecular formula is C23H15N3. The fourth-order valence-electron chi connectivity index (χ4n) is 4.00. The first kappa shape index (κ1) is 13.7. The quantitative estimate of drug-likeness (QED) is 0.404. The van der Waals surface area contributed by atoms with E-state index in [9.17, 15) is 0 Å². The van der Waals surface area contributed by atoms with Gasteiger partial charge in [-0.15, -0.1) is 0 Å². The number of H-pyrrole nitrogens is 1. The van der Waals surface area contributed by atoms with Crippen LogP contribution in [0.15, 0.2) is 85.2 Å². The maximum atomic E-state index is 4.49. The van der Waals surface area contributed by atoms with Crippen molar-refractivity contribution >= 4 is 43.5 Å². The van der Waals surface area contributed by atoms with Crippen LogP contribution in [-0.2, 0) is 0 Å². The summed E-state index contributed by atoms with van der Waals surface area (Å²) in [5, 5.41) is 6.34. The van der Waals surface area contributed by atoms with Crippen molar-refractivity contribution in [1.82, 2.24) is 14.5 Å². The third kappa shape index (κ3) is 1.80. The highest BCUT2D eigenvalue weighted by Crippen LogP contribution is 2.35. The average Bonchev–Trinajstić information content (AvgIpc) is 3.27. The van der Waals surface area contributed by atoms with Crippen LogP contribution in [0.3, 0.4) is 0 Å². The van der Waals surface area contributed by atoms with Crippen molar-refractivity contribution in [3.8, 4) is 5.82 Å². The number of aromatic nitrogens is 3. The molecule has 0 bridgehead atoms. The van der Waals surface area contributed by atoms with Gasteiger partial charge in [-0.25, -0.2) is 4.98 Å². The Morgan fingerprint density at radius 2 is 1.65 bits per heavy atom. The van der Waals surface area contributed by atoms with Crippen LogP contribution in [0.5, 0.6) is 0 Å². The molecule has 0 aliphatic heterocycles. The van der Waals surface area contributed by atoms with E-state index in [1.54, 1.807) is 0 Å². The summed E-state index contributed by atoms with van der Waals surface area (Å²) in [6.07, 6.45) is 3.92. The minimum atomic E-state index is 0.934. The summed E-state index contributed by atoms with van der Waals surface area (Å²) in [5.41, 5.74) is 3.49. The first-order valence-electron chi connectivity index (χ1n) is 8.74. The number of rotatable bonds is 1. The molecule has 0 fully saturated rings. The van der Waals surface area contributed by atoms with E-state index in [1.165, 1.54) is 32.4 Å². The summed E-state index contributed by atoms with van der Waals surface area (Å²) in [5.74, 6) is 0.934. The van der Waals surface area contributed by atoms with Crippen molar-refractivity contribution in [2.24, 2.45) is 0 Å². The highest BCUT2D eigenvalue weighted by atomic mass is 15.0. The number of nitrogens with one attached hydrogen (secondary N) is 1. The second kappa shape index (κ2) is 4.96. The van der Waals surface area contributed by atoms with Crippen LogP contribution < -0.4 is 0 Å². The second-order valence-corrected chi connectivity index (χ2v) is 6.66. The zero-order valence-corrected chi connectivity index (χ0v) is 14.0. The van der Waals surface area contributed by atoms with E-state index in [4.69, 9.17) is 0 Å². The Morgan fingerprint density at radius 1 is 0.731 bits per heavy atom. The van der Waals surface area contributed by atoms with E-state index in [1.807, 2.05) is 24.4 Å². The van der Waals surface area contributed by atoms with E-state index in [2.05, 4.69) is 75.3 Å². The molecule has 0 unspecified atom stereocenters. The van der Waals surface area contributed by atoms with Gasteiger partial charge in [0.05, 0.1) is 5.52 Å². The normalized spacial score (nSPS) is 11.8. The van der Waals surface area contributed by atoms with Gasteiger partial charge < -0.3 is 9.55 Å². The Bertz CT molecular complexity index is 1420. The molecule has 0 amide bonds. The number of aromatic amines is 1. The molecule has 3 heteroatoms. The largest absolute Gasteiger partial charge is 0.354 e. The van der Waals surface area contributed by atoms with Gasteiger partial charge in [-0.1, -0.05) is 36.4 Å². The molecule has 0 radical (unpaired) electrons. The van der Waals surface area contributed by atoms with Crippen molar-refractivity contribution in [1.29, 1.82) is 0 Å². The minimum absolute atomic E-state index is 0.934. The maximum absolute atomic E-state index is 4.49. The molecule has 1 N–H and O–H groups in total. The fourth-order valence-corrected chi connectivity index (χ4v) is 4.00. The van der Waals surface area contributed by atoms with Crippen LogP contribution in [0, 0.1) is 0 Å². The van der Waals surface area contributed by atoms with Gasteiger partial charge in [0.15, 0.2) is 0 Å². The Labute approximate surface area is 149 Å². The Morgan fingerprint density at radius 3 is 2.58 bits per heavy atom.